The van der Waals surface area contributed by atoms with Crippen LogP contribution in [0.5, 0.6) is 17.2 Å². The van der Waals surface area contributed by atoms with Gasteiger partial charge in [0.2, 0.25) is 22.7 Å². The molecule has 0 bridgehead atoms. The van der Waals surface area contributed by atoms with Crippen LogP contribution in [-0.4, -0.2) is 46.1 Å². The summed E-state index contributed by atoms with van der Waals surface area (Å²) in [4.78, 5) is 11.9. The molecule has 2 N–H and O–H groups in total. The van der Waals surface area contributed by atoms with Gasteiger partial charge in [0.1, 0.15) is 18.1 Å². The highest BCUT2D eigenvalue weighted by Crippen LogP contribution is 2.35. The van der Waals surface area contributed by atoms with E-state index in [0.29, 0.717) is 23.2 Å². The summed E-state index contributed by atoms with van der Waals surface area (Å²) in [6, 6.07) is 5.15. The van der Waals surface area contributed by atoms with Gasteiger partial charge in [-0.1, -0.05) is 6.92 Å². The average molecular weight is 398 g/mol. The minimum Gasteiger partial charge on any atom is -0.492 e. The van der Waals surface area contributed by atoms with Gasteiger partial charge in [-0.2, -0.15) is 0 Å². The van der Waals surface area contributed by atoms with E-state index in [2.05, 4.69) is 17.0 Å². The predicted octanol–water partition coefficient (Wildman–Crippen LogP) is 1.41. The molecule has 2 aliphatic rings. The molecule has 9 heteroatoms. The van der Waals surface area contributed by atoms with Crippen molar-refractivity contribution >= 4 is 15.9 Å². The van der Waals surface area contributed by atoms with Crippen LogP contribution in [0.2, 0.25) is 0 Å². The van der Waals surface area contributed by atoms with Crippen molar-refractivity contribution in [3.05, 3.63) is 18.2 Å². The number of ether oxygens (including phenoxy) is 3. The zero-order chi connectivity index (χ0) is 19.3. The number of rotatable bonds is 8. The zero-order valence-electron chi connectivity index (χ0n) is 15.4. The van der Waals surface area contributed by atoms with Crippen molar-refractivity contribution in [1.29, 1.82) is 0 Å². The molecule has 0 unspecified atom stereocenters. The molecule has 1 fully saturated rings. The molecule has 1 aromatic carbocycles. The second-order valence-corrected chi connectivity index (χ2v) is 8.80. The summed E-state index contributed by atoms with van der Waals surface area (Å²) in [5.41, 5.74) is 0. The molecular formula is C18H26N2O6S. The van der Waals surface area contributed by atoms with Crippen LogP contribution in [0, 0.1) is 5.92 Å². The average Bonchev–Trinajstić information content (AvgIpc) is 3.08. The predicted molar refractivity (Wildman–Crippen MR) is 99.4 cm³/mol. The number of hydrogen-bond acceptors (Lipinski definition) is 6. The maximum Gasteiger partial charge on any atom is 0.236 e. The summed E-state index contributed by atoms with van der Waals surface area (Å²) >= 11 is 0. The molecule has 1 heterocycles. The van der Waals surface area contributed by atoms with Crippen LogP contribution < -0.4 is 24.2 Å². The van der Waals surface area contributed by atoms with Gasteiger partial charge in [-0.15, -0.1) is 0 Å². The zero-order valence-corrected chi connectivity index (χ0v) is 16.2. The molecule has 8 nitrogen and oxygen atoms in total. The number of carbonyl (C=O) groups is 1. The highest BCUT2D eigenvalue weighted by atomic mass is 32.2. The smallest absolute Gasteiger partial charge is 0.236 e. The van der Waals surface area contributed by atoms with Crippen LogP contribution in [0.25, 0.3) is 0 Å². The van der Waals surface area contributed by atoms with Gasteiger partial charge in [-0.05, 0) is 43.7 Å². The molecule has 0 aromatic heterocycles. The highest BCUT2D eigenvalue weighted by molar-refractivity contribution is 7.90. The lowest BCUT2D eigenvalue weighted by atomic mass is 9.88. The highest BCUT2D eigenvalue weighted by Gasteiger charge is 2.24. The number of fused-ring (bicyclic) bond motifs is 1. The molecule has 0 radical (unpaired) electrons. The van der Waals surface area contributed by atoms with E-state index < -0.39 is 21.7 Å². The number of nitrogens with one attached hydrogen (secondary N) is 2. The second kappa shape index (κ2) is 8.79. The van der Waals surface area contributed by atoms with E-state index >= 15 is 0 Å². The fourth-order valence-electron chi connectivity index (χ4n) is 3.22. The van der Waals surface area contributed by atoms with Crippen LogP contribution in [0.1, 0.15) is 32.6 Å². The SMILES string of the molecule is CC1CCC(NS(=O)(=O)CC(=O)NCCOc2ccc3c(c2)OCO3)CC1. The fraction of sp³-hybridized carbons (Fsp3) is 0.611. The van der Waals surface area contributed by atoms with Crippen LogP contribution in [-0.2, 0) is 14.8 Å². The van der Waals surface area contributed by atoms with E-state index in [-0.39, 0.29) is 26.0 Å². The van der Waals surface area contributed by atoms with Crippen LogP contribution in [0.15, 0.2) is 18.2 Å². The normalized spacial score (nSPS) is 21.7. The van der Waals surface area contributed by atoms with Gasteiger partial charge in [-0.25, -0.2) is 13.1 Å². The van der Waals surface area contributed by atoms with Crippen molar-refractivity contribution in [2.45, 2.75) is 38.6 Å². The molecule has 1 aliphatic heterocycles. The Morgan fingerprint density at radius 1 is 1.19 bits per heavy atom. The Balaban J connectivity index is 1.35. The van der Waals surface area contributed by atoms with E-state index in [1.165, 1.54) is 0 Å². The summed E-state index contributed by atoms with van der Waals surface area (Å²) in [5, 5.41) is 2.57. The molecule has 0 atom stereocenters. The second-order valence-electron chi connectivity index (χ2n) is 7.05. The van der Waals surface area contributed by atoms with E-state index in [1.54, 1.807) is 18.2 Å². The summed E-state index contributed by atoms with van der Waals surface area (Å²) in [7, 11) is -3.63. The summed E-state index contributed by atoms with van der Waals surface area (Å²) in [5.74, 6) is 1.41. The first-order chi connectivity index (χ1) is 12.9. The molecule has 0 saturated heterocycles. The molecule has 1 amide bonds. The third-order valence-corrected chi connectivity index (χ3v) is 6.05. The van der Waals surface area contributed by atoms with E-state index in [1.807, 2.05) is 0 Å². The summed E-state index contributed by atoms with van der Waals surface area (Å²) in [6.45, 7) is 2.80. The van der Waals surface area contributed by atoms with Gasteiger partial charge >= 0.3 is 0 Å². The third kappa shape index (κ3) is 6.00. The molecule has 150 valence electrons. The summed E-state index contributed by atoms with van der Waals surface area (Å²) < 4.78 is 42.9. The Labute approximate surface area is 159 Å². The standard InChI is InChI=1S/C18H26N2O6S/c1-13-2-4-14(5-3-13)20-27(22,23)11-18(21)19-8-9-24-15-6-7-16-17(10-15)26-12-25-16/h6-7,10,13-14,20H,2-5,8-9,11-12H2,1H3,(H,19,21). The number of hydrogen-bond donors (Lipinski definition) is 2. The molecule has 1 aliphatic carbocycles. The van der Waals surface area contributed by atoms with Gasteiger partial charge in [-0.3, -0.25) is 4.79 Å². The first-order valence-corrected chi connectivity index (χ1v) is 10.9. The first-order valence-electron chi connectivity index (χ1n) is 9.20. The Bertz CT molecular complexity index is 759. The monoisotopic (exact) mass is 398 g/mol. The summed E-state index contributed by atoms with van der Waals surface area (Å²) in [6.07, 6.45) is 3.67. The number of amides is 1. The molecule has 0 spiro atoms. The van der Waals surface area contributed by atoms with Gasteiger partial charge < -0.3 is 19.5 Å². The Morgan fingerprint density at radius 3 is 2.70 bits per heavy atom. The van der Waals surface area contributed by atoms with Crippen molar-refractivity contribution in [3.8, 4) is 17.2 Å². The van der Waals surface area contributed by atoms with Gasteiger partial charge in [0.05, 0.1) is 6.54 Å². The van der Waals surface area contributed by atoms with Crippen molar-refractivity contribution in [1.82, 2.24) is 10.0 Å². The fourth-order valence-corrected chi connectivity index (χ4v) is 4.50. The Morgan fingerprint density at radius 2 is 1.93 bits per heavy atom. The van der Waals surface area contributed by atoms with Crippen LogP contribution in [0.3, 0.4) is 0 Å². The van der Waals surface area contributed by atoms with Crippen molar-refractivity contribution < 1.29 is 27.4 Å². The first kappa shape index (κ1) is 19.8. The van der Waals surface area contributed by atoms with Gasteiger partial charge in [0.25, 0.3) is 0 Å². The Kier molecular flexibility index (Phi) is 6.43. The number of sulfonamides is 1. The number of carbonyl (C=O) groups excluding carboxylic acids is 1. The van der Waals surface area contributed by atoms with Gasteiger partial charge in [0, 0.05) is 12.1 Å². The third-order valence-electron chi connectivity index (χ3n) is 4.72. The largest absolute Gasteiger partial charge is 0.492 e. The minimum absolute atomic E-state index is 0.0617. The molecule has 1 aromatic rings. The lowest BCUT2D eigenvalue weighted by Gasteiger charge is -2.26. The number of benzene rings is 1. The quantitative estimate of drug-likeness (QED) is 0.642. The molecule has 27 heavy (non-hydrogen) atoms. The molecule has 3 rings (SSSR count). The molecular weight excluding hydrogens is 372 g/mol. The van der Waals surface area contributed by atoms with E-state index in [4.69, 9.17) is 14.2 Å². The van der Waals surface area contributed by atoms with Crippen molar-refractivity contribution in [2.75, 3.05) is 25.7 Å². The van der Waals surface area contributed by atoms with E-state index in [0.717, 1.165) is 25.7 Å². The van der Waals surface area contributed by atoms with Gasteiger partial charge in [0.15, 0.2) is 11.5 Å². The maximum atomic E-state index is 12.1. The van der Waals surface area contributed by atoms with Crippen LogP contribution in [0.4, 0.5) is 0 Å². The lowest BCUT2D eigenvalue weighted by Crippen LogP contribution is -2.43. The van der Waals surface area contributed by atoms with Crippen LogP contribution >= 0.6 is 0 Å². The van der Waals surface area contributed by atoms with Crippen molar-refractivity contribution in [3.63, 3.8) is 0 Å². The minimum atomic E-state index is -3.63. The topological polar surface area (TPSA) is 103 Å². The Hall–Kier alpha value is -2.00. The lowest BCUT2D eigenvalue weighted by molar-refractivity contribution is -0.118. The van der Waals surface area contributed by atoms with E-state index in [9.17, 15) is 13.2 Å². The molecule has 1 saturated carbocycles. The maximum absolute atomic E-state index is 12.1. The van der Waals surface area contributed by atoms with Crippen molar-refractivity contribution in [2.24, 2.45) is 5.92 Å².